The van der Waals surface area contributed by atoms with E-state index in [4.69, 9.17) is 0 Å². The summed E-state index contributed by atoms with van der Waals surface area (Å²) in [5.74, 6) is 0.578. The van der Waals surface area contributed by atoms with Gasteiger partial charge in [0.05, 0.1) is 12.5 Å². The van der Waals surface area contributed by atoms with Crippen LogP contribution in [-0.2, 0) is 9.59 Å². The molecule has 2 atom stereocenters. The monoisotopic (exact) mass is 323 g/mol. The first-order chi connectivity index (χ1) is 10.5. The molecule has 0 aliphatic heterocycles. The average molecular weight is 323 g/mol. The smallest absolute Gasteiger partial charge is 0.222 e. The van der Waals surface area contributed by atoms with E-state index in [2.05, 4.69) is 29.6 Å². The fourth-order valence-corrected chi connectivity index (χ4v) is 3.46. The molecule has 0 unspecified atom stereocenters. The van der Waals surface area contributed by atoms with Crippen LogP contribution in [0.5, 0.6) is 0 Å². The molecule has 1 aliphatic rings. The maximum atomic E-state index is 12.2. The molecule has 0 bridgehead atoms. The van der Waals surface area contributed by atoms with Crippen molar-refractivity contribution in [3.05, 3.63) is 22.4 Å². The van der Waals surface area contributed by atoms with Crippen LogP contribution in [-0.4, -0.2) is 43.4 Å². The lowest BCUT2D eigenvalue weighted by Crippen LogP contribution is -2.42. The van der Waals surface area contributed by atoms with Crippen molar-refractivity contribution in [3.63, 3.8) is 0 Å². The molecule has 22 heavy (non-hydrogen) atoms. The third-order valence-electron chi connectivity index (χ3n) is 3.99. The second kappa shape index (κ2) is 7.74. The second-order valence-corrected chi connectivity index (χ2v) is 7.12. The highest BCUT2D eigenvalue weighted by molar-refractivity contribution is 7.10. The minimum absolute atomic E-state index is 0.0142. The molecule has 2 N–H and O–H groups in total. The third kappa shape index (κ3) is 5.10. The van der Waals surface area contributed by atoms with Gasteiger partial charge in [0.1, 0.15) is 0 Å². The SMILES string of the molecule is CC(=O)N[C@@H](CC(=O)NC[C@H](C1CC1)N(C)C)c1cccs1. The number of likely N-dealkylation sites (N-methyl/N-ethyl adjacent to an activating group) is 1. The Morgan fingerprint density at radius 1 is 1.41 bits per heavy atom. The summed E-state index contributed by atoms with van der Waals surface area (Å²) in [6.45, 7) is 2.15. The van der Waals surface area contributed by atoms with Crippen LogP contribution in [0, 0.1) is 5.92 Å². The van der Waals surface area contributed by atoms with Gasteiger partial charge in [-0.1, -0.05) is 6.07 Å². The molecule has 1 saturated carbocycles. The van der Waals surface area contributed by atoms with Crippen molar-refractivity contribution in [1.29, 1.82) is 0 Å². The van der Waals surface area contributed by atoms with Crippen LogP contribution in [0.2, 0.25) is 0 Å². The number of rotatable bonds is 8. The maximum absolute atomic E-state index is 12.2. The predicted octanol–water partition coefficient (Wildman–Crippen LogP) is 1.77. The number of amides is 2. The van der Waals surface area contributed by atoms with Crippen molar-refractivity contribution < 1.29 is 9.59 Å². The normalized spacial score (nSPS) is 17.1. The molecule has 1 fully saturated rings. The molecule has 1 aromatic heterocycles. The summed E-state index contributed by atoms with van der Waals surface area (Å²) in [7, 11) is 4.11. The molecule has 1 heterocycles. The zero-order valence-electron chi connectivity index (χ0n) is 13.5. The highest BCUT2D eigenvalue weighted by Crippen LogP contribution is 2.34. The molecule has 2 amide bonds. The van der Waals surface area contributed by atoms with Gasteiger partial charge in [-0.2, -0.15) is 0 Å². The summed E-state index contributed by atoms with van der Waals surface area (Å²) in [6, 6.07) is 4.05. The first-order valence-corrected chi connectivity index (χ1v) is 8.59. The summed E-state index contributed by atoms with van der Waals surface area (Å²) >= 11 is 1.56. The lowest BCUT2D eigenvalue weighted by Gasteiger charge is -2.25. The van der Waals surface area contributed by atoms with E-state index in [0.717, 1.165) is 4.88 Å². The Balaban J connectivity index is 1.86. The molecule has 1 aromatic rings. The molecule has 0 aromatic carbocycles. The number of nitrogens with zero attached hydrogens (tertiary/aromatic N) is 1. The van der Waals surface area contributed by atoms with E-state index in [1.54, 1.807) is 11.3 Å². The Labute approximate surface area is 136 Å². The lowest BCUT2D eigenvalue weighted by atomic mass is 10.1. The summed E-state index contributed by atoms with van der Waals surface area (Å²) in [5.41, 5.74) is 0. The van der Waals surface area contributed by atoms with Crippen LogP contribution in [0.4, 0.5) is 0 Å². The fourth-order valence-electron chi connectivity index (χ4n) is 2.69. The minimum atomic E-state index is -0.240. The predicted molar refractivity (Wildman–Crippen MR) is 88.7 cm³/mol. The zero-order valence-corrected chi connectivity index (χ0v) is 14.3. The third-order valence-corrected chi connectivity index (χ3v) is 4.98. The van der Waals surface area contributed by atoms with E-state index in [1.807, 2.05) is 17.5 Å². The van der Waals surface area contributed by atoms with Gasteiger partial charge in [-0.05, 0) is 44.3 Å². The summed E-state index contributed by atoms with van der Waals surface area (Å²) < 4.78 is 0. The first kappa shape index (κ1) is 17.0. The highest BCUT2D eigenvalue weighted by Gasteiger charge is 2.32. The molecular weight excluding hydrogens is 298 g/mol. The first-order valence-electron chi connectivity index (χ1n) is 7.71. The quantitative estimate of drug-likeness (QED) is 0.766. The van der Waals surface area contributed by atoms with Crippen molar-refractivity contribution >= 4 is 23.2 Å². The van der Waals surface area contributed by atoms with Crippen molar-refractivity contribution in [1.82, 2.24) is 15.5 Å². The van der Waals surface area contributed by atoms with Gasteiger partial charge in [-0.15, -0.1) is 11.3 Å². The molecule has 6 heteroatoms. The van der Waals surface area contributed by atoms with Gasteiger partial charge in [0, 0.05) is 24.4 Å². The molecular formula is C16H25N3O2S. The molecule has 5 nitrogen and oxygen atoms in total. The highest BCUT2D eigenvalue weighted by atomic mass is 32.1. The van der Waals surface area contributed by atoms with Gasteiger partial charge in [-0.3, -0.25) is 9.59 Å². The Morgan fingerprint density at radius 2 is 2.14 bits per heavy atom. The lowest BCUT2D eigenvalue weighted by molar-refractivity contribution is -0.122. The van der Waals surface area contributed by atoms with Gasteiger partial charge in [-0.25, -0.2) is 0 Å². The molecule has 122 valence electrons. The number of carbonyl (C=O) groups is 2. The van der Waals surface area contributed by atoms with E-state index >= 15 is 0 Å². The van der Waals surface area contributed by atoms with Gasteiger partial charge >= 0.3 is 0 Å². The van der Waals surface area contributed by atoms with E-state index in [1.165, 1.54) is 19.8 Å². The van der Waals surface area contributed by atoms with E-state index in [0.29, 0.717) is 18.5 Å². The molecule has 0 radical (unpaired) electrons. The number of hydrogen-bond acceptors (Lipinski definition) is 4. The Morgan fingerprint density at radius 3 is 2.64 bits per heavy atom. The topological polar surface area (TPSA) is 61.4 Å². The van der Waals surface area contributed by atoms with Gasteiger partial charge in [0.15, 0.2) is 0 Å². The molecule has 1 aliphatic carbocycles. The van der Waals surface area contributed by atoms with Crippen LogP contribution in [0.25, 0.3) is 0 Å². The van der Waals surface area contributed by atoms with Gasteiger partial charge < -0.3 is 15.5 Å². The number of hydrogen-bond donors (Lipinski definition) is 2. The van der Waals surface area contributed by atoms with Crippen LogP contribution < -0.4 is 10.6 Å². The number of thiophene rings is 1. The molecule has 0 saturated heterocycles. The van der Waals surface area contributed by atoms with Crippen molar-refractivity contribution in [3.8, 4) is 0 Å². The largest absolute Gasteiger partial charge is 0.354 e. The van der Waals surface area contributed by atoms with Crippen LogP contribution in [0.1, 0.15) is 37.1 Å². The van der Waals surface area contributed by atoms with E-state index in [9.17, 15) is 9.59 Å². The number of carbonyl (C=O) groups excluding carboxylic acids is 2. The van der Waals surface area contributed by atoms with Crippen molar-refractivity contribution in [2.45, 2.75) is 38.3 Å². The van der Waals surface area contributed by atoms with E-state index in [-0.39, 0.29) is 24.3 Å². The van der Waals surface area contributed by atoms with Crippen molar-refractivity contribution in [2.24, 2.45) is 5.92 Å². The maximum Gasteiger partial charge on any atom is 0.222 e. The Kier molecular flexibility index (Phi) is 5.97. The van der Waals surface area contributed by atoms with Gasteiger partial charge in [0.2, 0.25) is 11.8 Å². The van der Waals surface area contributed by atoms with Crippen LogP contribution in [0.15, 0.2) is 17.5 Å². The standard InChI is InChI=1S/C16H25N3O2S/c1-11(20)18-13(15-5-4-8-22-15)9-16(21)17-10-14(19(2)3)12-6-7-12/h4-5,8,12-14H,6-7,9-10H2,1-3H3,(H,17,21)(H,18,20)/t13-,14+/m0/s1. The fraction of sp³-hybridized carbons (Fsp3) is 0.625. The summed E-state index contributed by atoms with van der Waals surface area (Å²) in [4.78, 5) is 26.8. The van der Waals surface area contributed by atoms with E-state index < -0.39 is 0 Å². The zero-order chi connectivity index (χ0) is 16.1. The van der Waals surface area contributed by atoms with Crippen LogP contribution >= 0.6 is 11.3 Å². The summed E-state index contributed by atoms with van der Waals surface area (Å²) in [5, 5.41) is 7.84. The average Bonchev–Trinajstić information content (AvgIpc) is 3.11. The number of nitrogens with one attached hydrogen (secondary N) is 2. The Bertz CT molecular complexity index is 495. The second-order valence-electron chi connectivity index (χ2n) is 6.15. The van der Waals surface area contributed by atoms with Gasteiger partial charge in [0.25, 0.3) is 0 Å². The Hall–Kier alpha value is -1.40. The minimum Gasteiger partial charge on any atom is -0.354 e. The van der Waals surface area contributed by atoms with Crippen LogP contribution in [0.3, 0.4) is 0 Å². The van der Waals surface area contributed by atoms with Crippen molar-refractivity contribution in [2.75, 3.05) is 20.6 Å². The molecule has 0 spiro atoms. The summed E-state index contributed by atoms with van der Waals surface area (Å²) in [6.07, 6.45) is 2.79. The molecule has 2 rings (SSSR count).